The van der Waals surface area contributed by atoms with Gasteiger partial charge in [0.1, 0.15) is 5.78 Å². The average Bonchev–Trinajstić information content (AvgIpc) is 3.05. The first-order valence-electron chi connectivity index (χ1n) is 13.0. The highest BCUT2D eigenvalue weighted by atomic mass is 16.1. The summed E-state index contributed by atoms with van der Waals surface area (Å²) in [5.74, 6) is 3.45. The van der Waals surface area contributed by atoms with E-state index in [1.165, 1.54) is 57.8 Å². The highest BCUT2D eigenvalue weighted by molar-refractivity contribution is 5.89. The van der Waals surface area contributed by atoms with Crippen LogP contribution in [-0.2, 0) is 9.59 Å². The van der Waals surface area contributed by atoms with Crippen LogP contribution in [0.1, 0.15) is 97.3 Å². The van der Waals surface area contributed by atoms with Gasteiger partial charge < -0.3 is 5.32 Å². The molecule has 5 aliphatic rings. The first kappa shape index (κ1) is 20.8. The van der Waals surface area contributed by atoms with E-state index >= 15 is 0 Å². The Kier molecular flexibility index (Phi) is 5.39. The van der Waals surface area contributed by atoms with Gasteiger partial charge in [-0.3, -0.25) is 9.59 Å². The molecule has 0 aromatic carbocycles. The van der Waals surface area contributed by atoms with Crippen LogP contribution in [-0.4, -0.2) is 17.7 Å². The van der Waals surface area contributed by atoms with Crippen molar-refractivity contribution in [1.82, 2.24) is 5.32 Å². The lowest BCUT2D eigenvalue weighted by Gasteiger charge is -2.58. The Morgan fingerprint density at radius 2 is 1.63 bits per heavy atom. The van der Waals surface area contributed by atoms with Crippen LogP contribution in [0.2, 0.25) is 0 Å². The Morgan fingerprint density at radius 3 is 2.40 bits per heavy atom. The molecule has 3 nitrogen and oxygen atoms in total. The molecule has 0 spiro atoms. The third-order valence-corrected chi connectivity index (χ3v) is 10.5. The lowest BCUT2D eigenvalue weighted by Crippen LogP contribution is -2.59. The number of carbonyl (C=O) groups is 2. The number of amides is 1. The molecule has 7 atom stereocenters. The van der Waals surface area contributed by atoms with Crippen molar-refractivity contribution in [2.24, 2.45) is 40.4 Å². The third kappa shape index (κ3) is 3.21. The van der Waals surface area contributed by atoms with Gasteiger partial charge in [0.15, 0.2) is 0 Å². The lowest BCUT2D eigenvalue weighted by atomic mass is 9.47. The minimum atomic E-state index is 0.0855. The average molecular weight is 412 g/mol. The van der Waals surface area contributed by atoms with Crippen molar-refractivity contribution in [2.45, 2.75) is 103 Å². The fourth-order valence-corrected chi connectivity index (χ4v) is 8.83. The molecule has 3 heteroatoms. The molecule has 30 heavy (non-hydrogen) atoms. The van der Waals surface area contributed by atoms with Gasteiger partial charge in [0.2, 0.25) is 5.91 Å². The quantitative estimate of drug-likeness (QED) is 0.621. The number of carbonyl (C=O) groups excluding carboxylic acids is 2. The van der Waals surface area contributed by atoms with Crippen molar-refractivity contribution in [1.29, 1.82) is 0 Å². The van der Waals surface area contributed by atoms with Crippen molar-refractivity contribution < 1.29 is 9.59 Å². The van der Waals surface area contributed by atoms with Crippen LogP contribution in [0.4, 0.5) is 0 Å². The second-order valence-electron chi connectivity index (χ2n) is 11.8. The molecule has 1 aliphatic heterocycles. The molecule has 166 valence electrons. The van der Waals surface area contributed by atoms with Gasteiger partial charge in [-0.25, -0.2) is 0 Å². The molecule has 0 bridgehead atoms. The van der Waals surface area contributed by atoms with Crippen molar-refractivity contribution in [3.63, 3.8) is 0 Å². The molecule has 1 heterocycles. The largest absolute Gasteiger partial charge is 0.349 e. The molecular formula is C27H41NO2. The molecule has 1 N–H and O–H groups in total. The number of rotatable bonds is 2. The number of Topliss-reactive ketones (excluding diaryl/α,β-unsaturated/α-hetero) is 1. The van der Waals surface area contributed by atoms with Gasteiger partial charge in [-0.1, -0.05) is 52.0 Å². The molecule has 2 unspecified atom stereocenters. The summed E-state index contributed by atoms with van der Waals surface area (Å²) >= 11 is 0. The Balaban J connectivity index is 1.36. The monoisotopic (exact) mass is 411 g/mol. The summed E-state index contributed by atoms with van der Waals surface area (Å²) in [5.41, 5.74) is 0.311. The van der Waals surface area contributed by atoms with E-state index in [4.69, 9.17) is 0 Å². The van der Waals surface area contributed by atoms with Gasteiger partial charge in [0.05, 0.1) is 0 Å². The van der Waals surface area contributed by atoms with E-state index in [-0.39, 0.29) is 16.7 Å². The van der Waals surface area contributed by atoms with Crippen LogP contribution in [0.5, 0.6) is 0 Å². The molecule has 0 radical (unpaired) electrons. The Bertz CT molecular complexity index is 720. The molecule has 0 aromatic rings. The highest BCUT2D eigenvalue weighted by Gasteiger charge is 2.61. The minimum absolute atomic E-state index is 0.0855. The molecule has 4 fully saturated rings. The second kappa shape index (κ2) is 7.78. The SMILES string of the molecule is C[C@]12C=CC(=O)NC1CC[C@@H]1[C@H]2CC[C@]2(C)C(C(=O)C3CCCCCCC3)CC[C@@H]12. The Hall–Kier alpha value is -1.12. The smallest absolute Gasteiger partial charge is 0.243 e. The van der Waals surface area contributed by atoms with E-state index in [9.17, 15) is 9.59 Å². The summed E-state index contributed by atoms with van der Waals surface area (Å²) in [4.78, 5) is 25.7. The zero-order chi connectivity index (χ0) is 20.9. The van der Waals surface area contributed by atoms with Gasteiger partial charge in [-0.15, -0.1) is 0 Å². The van der Waals surface area contributed by atoms with Crippen LogP contribution in [0.25, 0.3) is 0 Å². The highest BCUT2D eigenvalue weighted by Crippen LogP contribution is 2.65. The molecular weight excluding hydrogens is 370 g/mol. The zero-order valence-electron chi connectivity index (χ0n) is 19.1. The van der Waals surface area contributed by atoms with Gasteiger partial charge >= 0.3 is 0 Å². The van der Waals surface area contributed by atoms with E-state index in [1.807, 2.05) is 0 Å². The minimum Gasteiger partial charge on any atom is -0.349 e. The first-order valence-corrected chi connectivity index (χ1v) is 13.0. The lowest BCUT2D eigenvalue weighted by molar-refractivity contribution is -0.136. The van der Waals surface area contributed by atoms with Gasteiger partial charge in [0.25, 0.3) is 0 Å². The molecule has 0 saturated heterocycles. The van der Waals surface area contributed by atoms with Crippen LogP contribution in [0.3, 0.4) is 0 Å². The van der Waals surface area contributed by atoms with Crippen LogP contribution in [0.15, 0.2) is 12.2 Å². The molecule has 1 amide bonds. The van der Waals surface area contributed by atoms with E-state index in [1.54, 1.807) is 6.08 Å². The van der Waals surface area contributed by atoms with E-state index in [0.717, 1.165) is 31.6 Å². The zero-order valence-corrected chi connectivity index (χ0v) is 19.1. The Labute approximate surface area is 182 Å². The van der Waals surface area contributed by atoms with E-state index in [2.05, 4.69) is 25.2 Å². The fourth-order valence-electron chi connectivity index (χ4n) is 8.83. The third-order valence-electron chi connectivity index (χ3n) is 10.5. The fraction of sp³-hybridized carbons (Fsp3) is 0.852. The maximum atomic E-state index is 13.8. The molecule has 0 aromatic heterocycles. The molecule has 5 rings (SSSR count). The second-order valence-corrected chi connectivity index (χ2v) is 11.8. The summed E-state index contributed by atoms with van der Waals surface area (Å²) in [6.45, 7) is 4.87. The summed E-state index contributed by atoms with van der Waals surface area (Å²) in [7, 11) is 0. The van der Waals surface area contributed by atoms with Crippen LogP contribution >= 0.6 is 0 Å². The van der Waals surface area contributed by atoms with Crippen molar-refractivity contribution in [3.05, 3.63) is 12.2 Å². The number of nitrogens with one attached hydrogen (secondary N) is 1. The van der Waals surface area contributed by atoms with E-state index < -0.39 is 0 Å². The topological polar surface area (TPSA) is 46.2 Å². The van der Waals surface area contributed by atoms with Gasteiger partial charge in [0, 0.05) is 23.3 Å². The maximum Gasteiger partial charge on any atom is 0.243 e. The normalized spacial score (nSPS) is 46.7. The Morgan fingerprint density at radius 1 is 0.900 bits per heavy atom. The summed E-state index contributed by atoms with van der Waals surface area (Å²) in [5, 5.41) is 3.26. The van der Waals surface area contributed by atoms with Crippen LogP contribution in [0, 0.1) is 40.4 Å². The van der Waals surface area contributed by atoms with Crippen molar-refractivity contribution in [3.8, 4) is 0 Å². The van der Waals surface area contributed by atoms with Gasteiger partial charge in [-0.2, -0.15) is 0 Å². The number of hydrogen-bond donors (Lipinski definition) is 1. The predicted octanol–water partition coefficient (Wildman–Crippen LogP) is 5.83. The standard InChI is InChI=1S/C27H41NO2/c1-26-16-14-21-19(10-13-23-27(21,2)17-15-24(29)28-23)20(26)11-12-22(26)25(30)18-8-6-4-3-5-7-9-18/h15,17-23H,3-14,16H2,1-2H3,(H,28,29)/t19-,20-,21+,22?,23?,26-,27+/m0/s1. The first-order chi connectivity index (χ1) is 14.4. The van der Waals surface area contributed by atoms with Crippen molar-refractivity contribution >= 4 is 11.7 Å². The molecule has 4 saturated carbocycles. The number of fused-ring (bicyclic) bond motifs is 5. The maximum absolute atomic E-state index is 13.8. The van der Waals surface area contributed by atoms with E-state index in [0.29, 0.717) is 35.5 Å². The van der Waals surface area contributed by atoms with Crippen molar-refractivity contribution in [2.75, 3.05) is 0 Å². The predicted molar refractivity (Wildman–Crippen MR) is 120 cm³/mol. The van der Waals surface area contributed by atoms with Gasteiger partial charge in [-0.05, 0) is 80.6 Å². The summed E-state index contributed by atoms with van der Waals surface area (Å²) < 4.78 is 0. The van der Waals surface area contributed by atoms with Crippen LogP contribution < -0.4 is 5.32 Å². The summed E-state index contributed by atoms with van der Waals surface area (Å²) in [6, 6.07) is 0.300. The summed E-state index contributed by atoms with van der Waals surface area (Å²) in [6.07, 6.45) is 20.0. The number of hydrogen-bond acceptors (Lipinski definition) is 2. The number of ketones is 1. The molecule has 4 aliphatic carbocycles.